The number of rotatable bonds is 2. The van der Waals surface area contributed by atoms with Gasteiger partial charge in [0.05, 0.1) is 17.9 Å². The Morgan fingerprint density at radius 3 is 1.80 bits per heavy atom. The lowest BCUT2D eigenvalue weighted by molar-refractivity contribution is -0.161. The van der Waals surface area contributed by atoms with Gasteiger partial charge in [-0.05, 0) is 39.5 Å². The predicted octanol–water partition coefficient (Wildman–Crippen LogP) is 1.83. The van der Waals surface area contributed by atoms with Crippen LogP contribution in [0.25, 0.3) is 0 Å². The number of carboxylic acids is 1. The van der Waals surface area contributed by atoms with Crippen LogP contribution in [0, 0.1) is 10.8 Å². The van der Waals surface area contributed by atoms with Crippen LogP contribution in [0.5, 0.6) is 0 Å². The molecule has 0 aliphatic heterocycles. The van der Waals surface area contributed by atoms with Crippen molar-refractivity contribution in [3.05, 3.63) is 0 Å². The third-order valence-electron chi connectivity index (χ3n) is 3.65. The third kappa shape index (κ3) is 2.13. The molecule has 1 rings (SSSR count). The Hall–Kier alpha value is -1.06. The number of carboxylic acid groups (broad SMARTS) is 1. The van der Waals surface area contributed by atoms with Gasteiger partial charge >= 0.3 is 11.9 Å². The summed E-state index contributed by atoms with van der Waals surface area (Å²) in [6.45, 7) is 3.59. The maximum absolute atomic E-state index is 11.5. The zero-order valence-corrected chi connectivity index (χ0v) is 9.50. The van der Waals surface area contributed by atoms with Crippen molar-refractivity contribution in [2.75, 3.05) is 7.11 Å². The van der Waals surface area contributed by atoms with Gasteiger partial charge < -0.3 is 9.84 Å². The topological polar surface area (TPSA) is 63.6 Å². The van der Waals surface area contributed by atoms with Crippen LogP contribution in [0.4, 0.5) is 0 Å². The molecule has 86 valence electrons. The number of ether oxygens (including phenoxy) is 1. The molecule has 4 nitrogen and oxygen atoms in total. The molecular weight excluding hydrogens is 196 g/mol. The van der Waals surface area contributed by atoms with E-state index in [1.807, 2.05) is 6.92 Å². The zero-order valence-electron chi connectivity index (χ0n) is 9.50. The molecular formula is C11H18O4. The molecule has 0 aromatic heterocycles. The monoisotopic (exact) mass is 214 g/mol. The Morgan fingerprint density at radius 1 is 1.07 bits per heavy atom. The minimum Gasteiger partial charge on any atom is -0.481 e. The van der Waals surface area contributed by atoms with Crippen molar-refractivity contribution in [1.82, 2.24) is 0 Å². The van der Waals surface area contributed by atoms with E-state index in [1.54, 1.807) is 6.92 Å². The van der Waals surface area contributed by atoms with Crippen molar-refractivity contribution in [3.63, 3.8) is 0 Å². The van der Waals surface area contributed by atoms with E-state index in [-0.39, 0.29) is 5.97 Å². The normalized spacial score (nSPS) is 35.9. The molecule has 4 heteroatoms. The molecule has 0 heterocycles. The molecule has 0 spiro atoms. The smallest absolute Gasteiger partial charge is 0.311 e. The van der Waals surface area contributed by atoms with Crippen LogP contribution in [0.15, 0.2) is 0 Å². The van der Waals surface area contributed by atoms with Crippen LogP contribution in [0.1, 0.15) is 39.5 Å². The number of carbonyl (C=O) groups excluding carboxylic acids is 1. The first-order valence-electron chi connectivity index (χ1n) is 5.16. The number of aliphatic carboxylic acids is 1. The number of carbonyl (C=O) groups is 2. The van der Waals surface area contributed by atoms with Crippen molar-refractivity contribution in [2.45, 2.75) is 39.5 Å². The lowest BCUT2D eigenvalue weighted by Crippen LogP contribution is -2.40. The molecule has 1 aliphatic carbocycles. The summed E-state index contributed by atoms with van der Waals surface area (Å²) in [5, 5.41) is 9.05. The van der Waals surface area contributed by atoms with E-state index in [4.69, 9.17) is 9.84 Å². The Labute approximate surface area is 89.6 Å². The Morgan fingerprint density at radius 2 is 1.47 bits per heavy atom. The molecule has 0 aromatic carbocycles. The van der Waals surface area contributed by atoms with Crippen LogP contribution in [-0.2, 0) is 14.3 Å². The Kier molecular flexibility index (Phi) is 3.07. The highest BCUT2D eigenvalue weighted by molar-refractivity contribution is 5.78. The molecule has 0 atom stereocenters. The van der Waals surface area contributed by atoms with Gasteiger partial charge in [0.25, 0.3) is 0 Å². The van der Waals surface area contributed by atoms with Gasteiger partial charge in [-0.15, -0.1) is 0 Å². The third-order valence-corrected chi connectivity index (χ3v) is 3.65. The largest absolute Gasteiger partial charge is 0.481 e. The summed E-state index contributed by atoms with van der Waals surface area (Å²) in [7, 11) is 1.37. The second-order valence-corrected chi connectivity index (χ2v) is 4.92. The fourth-order valence-corrected chi connectivity index (χ4v) is 2.02. The first-order chi connectivity index (χ1) is 6.84. The fourth-order valence-electron chi connectivity index (χ4n) is 2.02. The minimum absolute atomic E-state index is 0.227. The molecule has 0 aromatic rings. The van der Waals surface area contributed by atoms with Crippen LogP contribution in [0.3, 0.4) is 0 Å². The average molecular weight is 214 g/mol. The van der Waals surface area contributed by atoms with Crippen molar-refractivity contribution in [1.29, 1.82) is 0 Å². The summed E-state index contributed by atoms with van der Waals surface area (Å²) < 4.78 is 4.73. The summed E-state index contributed by atoms with van der Waals surface area (Å²) in [5.41, 5.74) is -1.17. The maximum atomic E-state index is 11.5. The van der Waals surface area contributed by atoms with Crippen LogP contribution < -0.4 is 0 Å². The van der Waals surface area contributed by atoms with Crippen molar-refractivity contribution >= 4 is 11.9 Å². The highest BCUT2D eigenvalue weighted by Gasteiger charge is 2.46. The quantitative estimate of drug-likeness (QED) is 0.712. The molecule has 0 bridgehead atoms. The summed E-state index contributed by atoms with van der Waals surface area (Å²) in [4.78, 5) is 22.5. The van der Waals surface area contributed by atoms with Crippen molar-refractivity contribution < 1.29 is 19.4 Å². The molecule has 1 N–H and O–H groups in total. The van der Waals surface area contributed by atoms with E-state index < -0.39 is 16.8 Å². The standard InChI is InChI=1S/C11H18O4/c1-10(8(12)13)4-6-11(2,7-5-10)9(14)15-3/h4-7H2,1-3H3,(H,12,13)/t10-,11+. The van der Waals surface area contributed by atoms with Crippen molar-refractivity contribution in [2.24, 2.45) is 10.8 Å². The Balaban J connectivity index is 2.70. The molecule has 1 fully saturated rings. The lowest BCUT2D eigenvalue weighted by Gasteiger charge is -2.38. The number of hydrogen-bond donors (Lipinski definition) is 1. The van der Waals surface area contributed by atoms with Crippen LogP contribution in [-0.4, -0.2) is 24.2 Å². The van der Waals surface area contributed by atoms with E-state index in [9.17, 15) is 9.59 Å². The lowest BCUT2D eigenvalue weighted by atomic mass is 9.65. The summed E-state index contributed by atoms with van der Waals surface area (Å²) in [5.74, 6) is -0.996. The van der Waals surface area contributed by atoms with Crippen LogP contribution >= 0.6 is 0 Å². The van der Waals surface area contributed by atoms with Gasteiger partial charge in [0.1, 0.15) is 0 Å². The van der Waals surface area contributed by atoms with Gasteiger partial charge in [-0.25, -0.2) is 0 Å². The van der Waals surface area contributed by atoms with E-state index in [1.165, 1.54) is 7.11 Å². The highest BCUT2D eigenvalue weighted by atomic mass is 16.5. The van der Waals surface area contributed by atoms with Gasteiger partial charge in [-0.3, -0.25) is 9.59 Å². The molecule has 0 radical (unpaired) electrons. The molecule has 15 heavy (non-hydrogen) atoms. The van der Waals surface area contributed by atoms with E-state index in [0.29, 0.717) is 25.7 Å². The molecule has 0 unspecified atom stereocenters. The van der Waals surface area contributed by atoms with Gasteiger partial charge in [0.2, 0.25) is 0 Å². The number of hydrogen-bond acceptors (Lipinski definition) is 3. The van der Waals surface area contributed by atoms with E-state index >= 15 is 0 Å². The summed E-state index contributed by atoms with van der Waals surface area (Å²) in [6.07, 6.45) is 2.24. The maximum Gasteiger partial charge on any atom is 0.311 e. The molecule has 0 amide bonds. The first-order valence-corrected chi connectivity index (χ1v) is 5.16. The summed E-state index contributed by atoms with van der Waals surface area (Å²) in [6, 6.07) is 0. The molecule has 0 saturated heterocycles. The van der Waals surface area contributed by atoms with Crippen LogP contribution in [0.2, 0.25) is 0 Å². The molecule has 1 aliphatic rings. The highest BCUT2D eigenvalue weighted by Crippen LogP contribution is 2.45. The van der Waals surface area contributed by atoms with Gasteiger partial charge in [-0.2, -0.15) is 0 Å². The number of methoxy groups -OCH3 is 1. The first kappa shape index (κ1) is 12.0. The van der Waals surface area contributed by atoms with E-state index in [0.717, 1.165) is 0 Å². The van der Waals surface area contributed by atoms with Crippen molar-refractivity contribution in [3.8, 4) is 0 Å². The summed E-state index contributed by atoms with van der Waals surface area (Å²) >= 11 is 0. The van der Waals surface area contributed by atoms with Gasteiger partial charge in [0, 0.05) is 0 Å². The van der Waals surface area contributed by atoms with Gasteiger partial charge in [-0.1, -0.05) is 0 Å². The second kappa shape index (κ2) is 3.83. The molecule has 1 saturated carbocycles. The van der Waals surface area contributed by atoms with E-state index in [2.05, 4.69) is 0 Å². The number of esters is 1. The predicted molar refractivity (Wildman–Crippen MR) is 54.3 cm³/mol. The average Bonchev–Trinajstić information content (AvgIpc) is 2.21. The minimum atomic E-state index is -0.769. The zero-order chi connectivity index (χ0) is 11.7. The van der Waals surface area contributed by atoms with Gasteiger partial charge in [0.15, 0.2) is 0 Å². The SMILES string of the molecule is COC(=O)[C@]1(C)CC[C@](C)(C(=O)O)CC1. The fraction of sp³-hybridized carbons (Fsp3) is 0.818. The Bertz CT molecular complexity index is 274. The second-order valence-electron chi connectivity index (χ2n) is 4.92.